The number of hydrogen-bond acceptors (Lipinski definition) is 4. The number of anilines is 1. The Balaban J connectivity index is 1.78. The number of nitrogens with one attached hydrogen (secondary N) is 1. The van der Waals surface area contributed by atoms with E-state index in [-0.39, 0.29) is 23.7 Å². The maximum atomic E-state index is 13.3. The number of carbonyl (C=O) groups excluding carboxylic acids is 2. The van der Waals surface area contributed by atoms with Crippen LogP contribution in [0.3, 0.4) is 0 Å². The van der Waals surface area contributed by atoms with Gasteiger partial charge in [0.2, 0.25) is 5.91 Å². The lowest BCUT2D eigenvalue weighted by molar-refractivity contribution is -0.132. The van der Waals surface area contributed by atoms with Crippen molar-refractivity contribution in [3.05, 3.63) is 64.5 Å². The molecule has 34 heavy (non-hydrogen) atoms. The van der Waals surface area contributed by atoms with E-state index in [0.29, 0.717) is 18.0 Å². The van der Waals surface area contributed by atoms with Gasteiger partial charge in [0.05, 0.1) is 11.3 Å². The summed E-state index contributed by atoms with van der Waals surface area (Å²) in [6.07, 6.45) is 3.60. The number of aryl methyl sites for hydroxylation is 1. The van der Waals surface area contributed by atoms with Crippen molar-refractivity contribution in [1.29, 1.82) is 0 Å². The number of hydrogen-bond donors (Lipinski definition) is 1. The Hall–Kier alpha value is -2.89. The van der Waals surface area contributed by atoms with Crippen molar-refractivity contribution in [2.75, 3.05) is 12.4 Å². The molecule has 0 bridgehead atoms. The van der Waals surface area contributed by atoms with Gasteiger partial charge in [0.25, 0.3) is 0 Å². The molecule has 0 unspecified atom stereocenters. The molecule has 3 rings (SSSR count). The van der Waals surface area contributed by atoms with Crippen LogP contribution in [0.5, 0.6) is 0 Å². The zero-order valence-corrected chi connectivity index (χ0v) is 21.2. The second-order valence-corrected chi connectivity index (χ2v) is 10.2. The van der Waals surface area contributed by atoms with E-state index in [2.05, 4.69) is 12.2 Å². The van der Waals surface area contributed by atoms with Gasteiger partial charge in [-0.1, -0.05) is 18.2 Å². The fourth-order valence-corrected chi connectivity index (χ4v) is 4.98. The van der Waals surface area contributed by atoms with E-state index in [1.54, 1.807) is 19.1 Å². The molecule has 184 valence electrons. The fraction of sp³-hybridized carbons (Fsp3) is 0.500. The molecular weight excluding hydrogens is 431 g/mol. The lowest BCUT2D eigenvalue weighted by Gasteiger charge is -2.37. The molecule has 2 aromatic carbocycles. The molecule has 1 aliphatic rings. The van der Waals surface area contributed by atoms with Crippen LogP contribution >= 0.6 is 0 Å². The average Bonchev–Trinajstić information content (AvgIpc) is 2.77. The Morgan fingerprint density at radius 1 is 1.06 bits per heavy atom. The number of ether oxygens (including phenoxy) is 1. The van der Waals surface area contributed by atoms with Gasteiger partial charge in [-0.25, -0.2) is 9.18 Å². The predicted molar refractivity (Wildman–Crippen MR) is 134 cm³/mol. The highest BCUT2D eigenvalue weighted by atomic mass is 19.1. The van der Waals surface area contributed by atoms with Crippen LogP contribution in [0.4, 0.5) is 10.1 Å². The summed E-state index contributed by atoms with van der Waals surface area (Å²) in [4.78, 5) is 27.2. The van der Waals surface area contributed by atoms with E-state index in [1.165, 1.54) is 12.1 Å². The van der Waals surface area contributed by atoms with Crippen molar-refractivity contribution in [2.24, 2.45) is 0 Å². The van der Waals surface area contributed by atoms with Crippen molar-refractivity contribution < 1.29 is 18.7 Å². The average molecular weight is 469 g/mol. The van der Waals surface area contributed by atoms with Crippen LogP contribution in [0.2, 0.25) is 0 Å². The van der Waals surface area contributed by atoms with Gasteiger partial charge in [0, 0.05) is 26.6 Å². The first-order chi connectivity index (χ1) is 16.0. The van der Waals surface area contributed by atoms with Crippen LogP contribution in [0, 0.1) is 12.7 Å². The van der Waals surface area contributed by atoms with Crippen molar-refractivity contribution >= 4 is 17.6 Å². The van der Waals surface area contributed by atoms with E-state index in [9.17, 15) is 14.0 Å². The van der Waals surface area contributed by atoms with E-state index in [0.717, 1.165) is 48.1 Å². The number of amides is 1. The molecule has 1 amide bonds. The molecular formula is C28H37FN2O3. The number of halogens is 1. The normalized spacial score (nSPS) is 18.3. The first kappa shape index (κ1) is 25.7. The molecule has 1 saturated carbocycles. The van der Waals surface area contributed by atoms with Gasteiger partial charge in [0.15, 0.2) is 0 Å². The van der Waals surface area contributed by atoms with Crippen molar-refractivity contribution in [3.63, 3.8) is 0 Å². The third kappa shape index (κ3) is 6.16. The lowest BCUT2D eigenvalue weighted by Crippen LogP contribution is -2.40. The van der Waals surface area contributed by atoms with Crippen LogP contribution in [0.1, 0.15) is 86.3 Å². The fourth-order valence-electron chi connectivity index (χ4n) is 4.98. The summed E-state index contributed by atoms with van der Waals surface area (Å²) in [6.45, 7) is 9.77. The first-order valence-corrected chi connectivity index (χ1v) is 12.1. The third-order valence-electron chi connectivity index (χ3n) is 6.55. The topological polar surface area (TPSA) is 58.6 Å². The van der Waals surface area contributed by atoms with E-state index >= 15 is 0 Å². The molecule has 0 radical (unpaired) electrons. The van der Waals surface area contributed by atoms with Crippen LogP contribution in [-0.4, -0.2) is 35.5 Å². The minimum Gasteiger partial charge on any atom is -0.456 e. The summed E-state index contributed by atoms with van der Waals surface area (Å²) in [7, 11) is 1.85. The van der Waals surface area contributed by atoms with Gasteiger partial charge in [-0.3, -0.25) is 4.79 Å². The van der Waals surface area contributed by atoms with E-state index in [4.69, 9.17) is 4.74 Å². The van der Waals surface area contributed by atoms with Crippen LogP contribution in [0.25, 0.3) is 0 Å². The molecule has 1 aliphatic carbocycles. The molecule has 6 heteroatoms. The van der Waals surface area contributed by atoms with Crippen LogP contribution < -0.4 is 5.32 Å². The Morgan fingerprint density at radius 2 is 1.68 bits per heavy atom. The summed E-state index contributed by atoms with van der Waals surface area (Å²) in [5, 5.41) is 3.26. The Kier molecular flexibility index (Phi) is 8.01. The molecule has 0 spiro atoms. The van der Waals surface area contributed by atoms with E-state index in [1.807, 2.05) is 44.9 Å². The van der Waals surface area contributed by atoms with Gasteiger partial charge < -0.3 is 15.0 Å². The number of esters is 1. The smallest absolute Gasteiger partial charge is 0.340 e. The highest BCUT2D eigenvalue weighted by Crippen LogP contribution is 2.41. The minimum absolute atomic E-state index is 0.0341. The number of benzene rings is 2. The summed E-state index contributed by atoms with van der Waals surface area (Å²) in [6, 6.07) is 10.3. The SMILES string of the molecule is CNc1c(C(=O)OC(C)(C)C)ccc(C)c1[C@H]1CC[C@H](N(Cc2ccc(F)cc2)C(C)=O)CC1. The Labute approximate surface area is 202 Å². The van der Waals surface area contributed by atoms with Gasteiger partial charge in [-0.2, -0.15) is 0 Å². The standard InChI is InChI=1S/C28H37FN2O3/c1-18-7-16-24(27(33)34-28(3,4)5)26(30-6)25(18)21-10-14-23(15-11-21)31(19(2)32)17-20-8-12-22(29)13-9-20/h7-9,12-13,16,21,23,30H,10-11,14-15,17H2,1-6H3/t21-,23-. The predicted octanol–water partition coefficient (Wildman–Crippen LogP) is 6.21. The number of rotatable bonds is 6. The highest BCUT2D eigenvalue weighted by Gasteiger charge is 2.31. The molecule has 0 aliphatic heterocycles. The van der Waals surface area contributed by atoms with Crippen molar-refractivity contribution in [2.45, 2.75) is 84.4 Å². The maximum Gasteiger partial charge on any atom is 0.340 e. The van der Waals surface area contributed by atoms with E-state index < -0.39 is 5.60 Å². The van der Waals surface area contributed by atoms with Crippen molar-refractivity contribution in [3.8, 4) is 0 Å². The van der Waals surface area contributed by atoms with Gasteiger partial charge in [-0.15, -0.1) is 0 Å². The second kappa shape index (κ2) is 10.6. The Bertz CT molecular complexity index is 1020. The zero-order valence-electron chi connectivity index (χ0n) is 21.2. The third-order valence-corrected chi connectivity index (χ3v) is 6.55. The van der Waals surface area contributed by atoms with Crippen LogP contribution in [0.15, 0.2) is 36.4 Å². The number of carbonyl (C=O) groups is 2. The maximum absolute atomic E-state index is 13.3. The lowest BCUT2D eigenvalue weighted by atomic mass is 9.78. The molecule has 0 heterocycles. The van der Waals surface area contributed by atoms with Gasteiger partial charge >= 0.3 is 5.97 Å². The molecule has 2 aromatic rings. The summed E-state index contributed by atoms with van der Waals surface area (Å²) < 4.78 is 18.9. The molecule has 0 atom stereocenters. The molecule has 0 saturated heterocycles. The van der Waals surface area contributed by atoms with Crippen molar-refractivity contribution in [1.82, 2.24) is 4.90 Å². The van der Waals surface area contributed by atoms with Crippen LogP contribution in [-0.2, 0) is 16.1 Å². The van der Waals surface area contributed by atoms with Gasteiger partial charge in [-0.05, 0) is 94.2 Å². The van der Waals surface area contributed by atoms with Gasteiger partial charge in [0.1, 0.15) is 11.4 Å². The highest BCUT2D eigenvalue weighted by molar-refractivity contribution is 5.97. The Morgan fingerprint density at radius 3 is 2.21 bits per heavy atom. The quantitative estimate of drug-likeness (QED) is 0.513. The zero-order chi connectivity index (χ0) is 25.0. The minimum atomic E-state index is -0.564. The first-order valence-electron chi connectivity index (χ1n) is 12.1. The monoisotopic (exact) mass is 468 g/mol. The number of nitrogens with zero attached hydrogens (tertiary/aromatic N) is 1. The summed E-state index contributed by atoms with van der Waals surface area (Å²) in [5.41, 5.74) is 4.07. The molecule has 5 nitrogen and oxygen atoms in total. The molecule has 1 fully saturated rings. The molecule has 0 aromatic heterocycles. The second-order valence-electron chi connectivity index (χ2n) is 10.2. The summed E-state index contributed by atoms with van der Waals surface area (Å²) in [5.74, 6) is -0.274. The summed E-state index contributed by atoms with van der Waals surface area (Å²) >= 11 is 0. The molecule has 1 N–H and O–H groups in total. The largest absolute Gasteiger partial charge is 0.456 e.